The van der Waals surface area contributed by atoms with E-state index in [0.717, 1.165) is 18.4 Å². The van der Waals surface area contributed by atoms with E-state index >= 15 is 0 Å². The summed E-state index contributed by atoms with van der Waals surface area (Å²) in [6.45, 7) is 6.95. The summed E-state index contributed by atoms with van der Waals surface area (Å²) < 4.78 is 19.0. The fraction of sp³-hybridized carbons (Fsp3) is 0.526. The second kappa shape index (κ2) is 7.88. The number of rotatable bonds is 2. The summed E-state index contributed by atoms with van der Waals surface area (Å²) >= 11 is 1.11. The molecule has 4 rings (SSSR count). The van der Waals surface area contributed by atoms with Gasteiger partial charge in [-0.1, -0.05) is 11.5 Å². The Morgan fingerprint density at radius 2 is 2.03 bits per heavy atom. The highest BCUT2D eigenvalue weighted by Crippen LogP contribution is 2.35. The van der Waals surface area contributed by atoms with Crippen LogP contribution in [0.4, 0.5) is 4.79 Å². The summed E-state index contributed by atoms with van der Waals surface area (Å²) in [5.41, 5.74) is 0.0374. The van der Waals surface area contributed by atoms with Gasteiger partial charge in [0, 0.05) is 11.9 Å². The summed E-state index contributed by atoms with van der Waals surface area (Å²) in [5.74, 6) is -0.941. The molecule has 30 heavy (non-hydrogen) atoms. The van der Waals surface area contributed by atoms with E-state index in [-0.39, 0.29) is 18.6 Å². The maximum Gasteiger partial charge on any atom is 0.425 e. The fourth-order valence-electron chi connectivity index (χ4n) is 3.28. The van der Waals surface area contributed by atoms with Gasteiger partial charge < -0.3 is 14.2 Å². The van der Waals surface area contributed by atoms with Gasteiger partial charge in [-0.05, 0) is 39.3 Å². The Balaban J connectivity index is 1.63. The number of fused-ring (bicyclic) bond motifs is 1. The van der Waals surface area contributed by atoms with Gasteiger partial charge in [-0.25, -0.2) is 14.8 Å². The number of nitrogens with zero attached hydrogens (tertiary/aromatic N) is 3. The lowest BCUT2D eigenvalue weighted by Crippen LogP contribution is -2.46. The summed E-state index contributed by atoms with van der Waals surface area (Å²) in [6.07, 6.45) is 0.263. The van der Waals surface area contributed by atoms with E-state index in [9.17, 15) is 9.59 Å². The van der Waals surface area contributed by atoms with Crippen LogP contribution in [0, 0.1) is 0 Å². The number of carbonyl (C=O) groups is 1. The summed E-state index contributed by atoms with van der Waals surface area (Å²) in [5, 5.41) is 2.18. The van der Waals surface area contributed by atoms with Crippen molar-refractivity contribution in [3.05, 3.63) is 28.6 Å². The highest BCUT2D eigenvalue weighted by atomic mass is 32.2. The molecule has 0 bridgehead atoms. The third-order valence-corrected chi connectivity index (χ3v) is 5.46. The van der Waals surface area contributed by atoms with Crippen molar-refractivity contribution in [2.24, 2.45) is 0 Å². The molecule has 1 amide bonds. The highest BCUT2D eigenvalue weighted by molar-refractivity contribution is 7.96. The van der Waals surface area contributed by atoms with Crippen molar-refractivity contribution in [3.63, 3.8) is 0 Å². The van der Waals surface area contributed by atoms with E-state index in [1.807, 2.05) is 0 Å². The number of aromatic nitrogens is 2. The number of aromatic amines is 1. The molecule has 2 aromatic rings. The Hall–Kier alpha value is -2.08. The molecular weight excluding hydrogens is 407 g/mol. The van der Waals surface area contributed by atoms with Crippen LogP contribution in [0.2, 0.25) is 0 Å². The summed E-state index contributed by atoms with van der Waals surface area (Å²) in [6, 6.07) is 4.92. The maximum absolute atomic E-state index is 12.8. The van der Waals surface area contributed by atoms with Crippen LogP contribution in [0.25, 0.3) is 10.9 Å². The van der Waals surface area contributed by atoms with Gasteiger partial charge in [-0.2, -0.15) is 0 Å². The fourth-order valence-corrected chi connectivity index (χ4v) is 4.24. The Labute approximate surface area is 179 Å². The monoisotopic (exact) mass is 430 g/mol. The van der Waals surface area contributed by atoms with Gasteiger partial charge in [0.2, 0.25) is 5.79 Å². The molecule has 158 valence electrons. The molecular formula is C19H23BN4O5S. The van der Waals surface area contributed by atoms with Crippen molar-refractivity contribution in [2.45, 2.75) is 43.7 Å². The van der Waals surface area contributed by atoms with Gasteiger partial charge in [0.1, 0.15) is 13.4 Å². The van der Waals surface area contributed by atoms with E-state index in [2.05, 4.69) is 9.97 Å². The Morgan fingerprint density at radius 3 is 2.73 bits per heavy atom. The van der Waals surface area contributed by atoms with Crippen molar-refractivity contribution in [2.75, 3.05) is 26.3 Å². The number of H-pyrrole nitrogens is 1. The number of ether oxygens (including phenoxy) is 3. The number of nitrogens with one attached hydrogen (secondary N) is 1. The van der Waals surface area contributed by atoms with Gasteiger partial charge in [0.15, 0.2) is 5.16 Å². The van der Waals surface area contributed by atoms with E-state index in [4.69, 9.17) is 22.1 Å². The van der Waals surface area contributed by atoms with Gasteiger partial charge in [0.05, 0.1) is 37.2 Å². The molecule has 0 saturated carbocycles. The molecule has 1 aromatic carbocycles. The van der Waals surface area contributed by atoms with Crippen molar-refractivity contribution in [3.8, 4) is 0 Å². The first-order chi connectivity index (χ1) is 14.1. The first-order valence-electron chi connectivity index (χ1n) is 9.68. The molecule has 0 atom stereocenters. The molecule has 9 nitrogen and oxygen atoms in total. The number of benzene rings is 1. The average Bonchev–Trinajstić information content (AvgIpc) is 2.98. The van der Waals surface area contributed by atoms with Gasteiger partial charge in [-0.3, -0.25) is 9.78 Å². The molecule has 3 heterocycles. The van der Waals surface area contributed by atoms with Gasteiger partial charge in [0.25, 0.3) is 5.56 Å². The highest BCUT2D eigenvalue weighted by Gasteiger charge is 2.50. The number of hydrogen-bond acceptors (Lipinski definition) is 8. The van der Waals surface area contributed by atoms with Crippen molar-refractivity contribution < 1.29 is 19.0 Å². The molecule has 2 saturated heterocycles. The van der Waals surface area contributed by atoms with Crippen LogP contribution in [0.5, 0.6) is 0 Å². The van der Waals surface area contributed by atoms with Gasteiger partial charge in [-0.15, -0.1) is 4.41 Å². The minimum atomic E-state index is -0.941. The molecule has 0 unspecified atom stereocenters. The Morgan fingerprint density at radius 1 is 1.30 bits per heavy atom. The second-order valence-corrected chi connectivity index (χ2v) is 9.24. The van der Waals surface area contributed by atoms with Crippen molar-refractivity contribution in [1.29, 1.82) is 0 Å². The van der Waals surface area contributed by atoms with E-state index < -0.39 is 17.5 Å². The molecule has 11 heteroatoms. The first-order valence-corrected chi connectivity index (χ1v) is 10.4. The van der Waals surface area contributed by atoms with Crippen LogP contribution in [0.3, 0.4) is 0 Å². The molecule has 2 aliphatic rings. The van der Waals surface area contributed by atoms with Crippen LogP contribution in [-0.2, 0) is 14.2 Å². The number of hydrazine groups is 1. The lowest BCUT2D eigenvalue weighted by Gasteiger charge is -2.32. The Kier molecular flexibility index (Phi) is 5.56. The van der Waals surface area contributed by atoms with Crippen LogP contribution in [0.15, 0.2) is 28.2 Å². The number of amides is 1. The van der Waals surface area contributed by atoms with Crippen molar-refractivity contribution in [1.82, 2.24) is 19.4 Å². The Bertz CT molecular complexity index is 1020. The minimum absolute atomic E-state index is 0.180. The molecule has 1 spiro atoms. The average molecular weight is 430 g/mol. The largest absolute Gasteiger partial charge is 0.443 e. The quantitative estimate of drug-likeness (QED) is 0.433. The topological polar surface area (TPSA) is 97.0 Å². The van der Waals surface area contributed by atoms with Crippen LogP contribution < -0.4 is 11.0 Å². The molecule has 2 radical (unpaired) electrons. The summed E-state index contributed by atoms with van der Waals surface area (Å²) in [7, 11) is 5.83. The third-order valence-electron chi connectivity index (χ3n) is 4.56. The molecule has 0 aliphatic carbocycles. The zero-order valence-electron chi connectivity index (χ0n) is 17.1. The number of hydrogen-bond donors (Lipinski definition) is 1. The molecule has 1 N–H and O–H groups in total. The van der Waals surface area contributed by atoms with Gasteiger partial charge >= 0.3 is 6.09 Å². The predicted molar refractivity (Wildman–Crippen MR) is 113 cm³/mol. The van der Waals surface area contributed by atoms with Crippen LogP contribution >= 0.6 is 11.9 Å². The number of carbonyl (C=O) groups excluding carboxylic acids is 1. The predicted octanol–water partition coefficient (Wildman–Crippen LogP) is 1.32. The van der Waals surface area contributed by atoms with Crippen molar-refractivity contribution >= 4 is 42.3 Å². The normalized spacial score (nSPS) is 19.5. The standard InChI is InChI=1S/C19H23BN4O5S/c1-18(2,3)29-17(26)23-10-19(27-7-4-8-28-19)11-24(23)30-16-21-14-9-12(20)5-6-13(14)15(25)22-16/h5-6,9H,4,7-8,10-11H2,1-3H3,(H,21,22,25). The zero-order valence-corrected chi connectivity index (χ0v) is 18.0. The lowest BCUT2D eigenvalue weighted by molar-refractivity contribution is -0.250. The molecule has 2 aliphatic heterocycles. The smallest absolute Gasteiger partial charge is 0.425 e. The second-order valence-electron chi connectivity index (χ2n) is 8.25. The third kappa shape index (κ3) is 4.49. The van der Waals surface area contributed by atoms with E-state index in [1.165, 1.54) is 5.01 Å². The van der Waals surface area contributed by atoms with Crippen LogP contribution in [-0.4, -0.2) is 71.0 Å². The minimum Gasteiger partial charge on any atom is -0.443 e. The molecule has 1 aromatic heterocycles. The summed E-state index contributed by atoms with van der Waals surface area (Å²) in [4.78, 5) is 32.5. The maximum atomic E-state index is 12.8. The van der Waals surface area contributed by atoms with Crippen LogP contribution in [0.1, 0.15) is 27.2 Å². The zero-order chi connectivity index (χ0) is 21.5. The van der Waals surface area contributed by atoms with E-state index in [0.29, 0.717) is 34.7 Å². The van der Waals surface area contributed by atoms with E-state index in [1.54, 1.807) is 43.4 Å². The molecule has 2 fully saturated rings. The SMILES string of the molecule is [B]c1ccc2c(=O)[nH]c(SN3CC4(CN3C(=O)OC(C)(C)C)OCCCO4)nc2c1. The lowest BCUT2D eigenvalue weighted by atomic mass is 9.95. The first kappa shape index (κ1) is 21.2.